The lowest BCUT2D eigenvalue weighted by molar-refractivity contribution is -0.143. The zero-order chi connectivity index (χ0) is 13.2. The molecule has 0 aliphatic heterocycles. The second-order valence-corrected chi connectivity index (χ2v) is 3.28. The van der Waals surface area contributed by atoms with Gasteiger partial charge < -0.3 is 9.84 Å². The maximum absolute atomic E-state index is 12.2. The molecule has 0 fully saturated rings. The van der Waals surface area contributed by atoms with Gasteiger partial charge in [0.25, 0.3) is 0 Å². The number of hydrogen-bond donors (Lipinski definition) is 1. The molecule has 0 spiro atoms. The van der Waals surface area contributed by atoms with Crippen LogP contribution in [-0.2, 0) is 11.3 Å². The summed E-state index contributed by atoms with van der Waals surface area (Å²) in [5.41, 5.74) is -0.749. The van der Waals surface area contributed by atoms with Gasteiger partial charge in [0, 0.05) is 7.11 Å². The van der Waals surface area contributed by atoms with Crippen molar-refractivity contribution in [2.24, 2.45) is 0 Å². The Labute approximate surface area is 94.0 Å². The zero-order valence-corrected chi connectivity index (χ0v) is 9.02. The van der Waals surface area contributed by atoms with E-state index in [1.807, 2.05) is 0 Å². The van der Waals surface area contributed by atoms with Crippen molar-refractivity contribution in [3.63, 3.8) is 0 Å². The number of alkyl halides is 3. The highest BCUT2D eigenvalue weighted by atomic mass is 19.4. The van der Waals surface area contributed by atoms with E-state index in [0.29, 0.717) is 4.68 Å². The second-order valence-electron chi connectivity index (χ2n) is 3.28. The predicted molar refractivity (Wildman–Crippen MR) is 48.5 cm³/mol. The zero-order valence-electron chi connectivity index (χ0n) is 9.02. The highest BCUT2D eigenvalue weighted by Crippen LogP contribution is 2.23. The molecular weight excluding hydrogens is 243 g/mol. The van der Waals surface area contributed by atoms with Gasteiger partial charge in [-0.3, -0.25) is 0 Å². The fourth-order valence-electron chi connectivity index (χ4n) is 1.27. The van der Waals surface area contributed by atoms with Crippen LogP contribution in [0.2, 0.25) is 0 Å². The monoisotopic (exact) mass is 253 g/mol. The number of carbonyl (C=O) groups is 1. The van der Waals surface area contributed by atoms with E-state index in [-0.39, 0.29) is 5.69 Å². The minimum Gasteiger partial charge on any atom is -0.476 e. The third kappa shape index (κ3) is 3.16. The summed E-state index contributed by atoms with van der Waals surface area (Å²) in [4.78, 5) is 10.8. The molecule has 0 saturated heterocycles. The average Bonchev–Trinajstić information content (AvgIpc) is 2.57. The third-order valence-electron chi connectivity index (χ3n) is 2.04. The van der Waals surface area contributed by atoms with Crippen molar-refractivity contribution in [1.29, 1.82) is 0 Å². The van der Waals surface area contributed by atoms with E-state index in [0.717, 1.165) is 0 Å². The van der Waals surface area contributed by atoms with E-state index in [1.165, 1.54) is 14.0 Å². The van der Waals surface area contributed by atoms with Crippen molar-refractivity contribution in [3.8, 4) is 0 Å². The molecular formula is C8H10F3N3O3. The van der Waals surface area contributed by atoms with Gasteiger partial charge in [-0.05, 0) is 6.92 Å². The first-order valence-electron chi connectivity index (χ1n) is 4.52. The molecule has 0 aromatic carbocycles. The Morgan fingerprint density at radius 2 is 2.18 bits per heavy atom. The van der Waals surface area contributed by atoms with Gasteiger partial charge in [0.1, 0.15) is 12.2 Å². The molecule has 96 valence electrons. The van der Waals surface area contributed by atoms with Gasteiger partial charge in [0.2, 0.25) is 0 Å². The minimum atomic E-state index is -4.51. The van der Waals surface area contributed by atoms with Crippen LogP contribution in [0.4, 0.5) is 13.2 Å². The summed E-state index contributed by atoms with van der Waals surface area (Å²) in [6.07, 6.45) is -5.36. The van der Waals surface area contributed by atoms with Crippen molar-refractivity contribution in [3.05, 3.63) is 11.4 Å². The second kappa shape index (κ2) is 4.70. The molecule has 9 heteroatoms. The van der Waals surface area contributed by atoms with Crippen LogP contribution in [0.3, 0.4) is 0 Å². The van der Waals surface area contributed by atoms with E-state index in [2.05, 4.69) is 10.3 Å². The predicted octanol–water partition coefficient (Wildman–Crippen LogP) is 1.25. The van der Waals surface area contributed by atoms with Gasteiger partial charge in [0.15, 0.2) is 5.69 Å². The summed E-state index contributed by atoms with van der Waals surface area (Å²) in [5, 5.41) is 15.1. The largest absolute Gasteiger partial charge is 0.476 e. The summed E-state index contributed by atoms with van der Waals surface area (Å²) >= 11 is 0. The minimum absolute atomic E-state index is 0.211. The molecule has 0 amide bonds. The highest BCUT2D eigenvalue weighted by molar-refractivity contribution is 5.86. The lowest BCUT2D eigenvalue weighted by Crippen LogP contribution is -2.22. The first kappa shape index (κ1) is 13.4. The SMILES string of the molecule is COC(C)c1c(C(=O)O)nnn1CC(F)(F)F. The van der Waals surface area contributed by atoms with Gasteiger partial charge in [-0.15, -0.1) is 5.10 Å². The average molecular weight is 253 g/mol. The van der Waals surface area contributed by atoms with Crippen LogP contribution in [0.1, 0.15) is 29.2 Å². The topological polar surface area (TPSA) is 77.2 Å². The molecule has 0 radical (unpaired) electrons. The first-order valence-corrected chi connectivity index (χ1v) is 4.52. The van der Waals surface area contributed by atoms with Gasteiger partial charge in [-0.1, -0.05) is 5.21 Å². The van der Waals surface area contributed by atoms with Crippen LogP contribution < -0.4 is 0 Å². The van der Waals surface area contributed by atoms with Gasteiger partial charge >= 0.3 is 12.1 Å². The smallest absolute Gasteiger partial charge is 0.408 e. The highest BCUT2D eigenvalue weighted by Gasteiger charge is 2.33. The molecule has 1 aromatic rings. The Kier molecular flexibility index (Phi) is 3.71. The number of methoxy groups -OCH3 is 1. The van der Waals surface area contributed by atoms with E-state index in [1.54, 1.807) is 0 Å². The number of carboxylic acids is 1. The molecule has 1 aromatic heterocycles. The molecule has 0 aliphatic carbocycles. The maximum Gasteiger partial charge on any atom is 0.408 e. The molecule has 0 saturated carbocycles. The van der Waals surface area contributed by atoms with Crippen molar-refractivity contribution in [2.45, 2.75) is 25.7 Å². The quantitative estimate of drug-likeness (QED) is 0.873. The number of halogens is 3. The van der Waals surface area contributed by atoms with Crippen molar-refractivity contribution in [2.75, 3.05) is 7.11 Å². The van der Waals surface area contributed by atoms with Gasteiger partial charge in [0.05, 0.1) is 6.10 Å². The van der Waals surface area contributed by atoms with E-state index in [4.69, 9.17) is 9.84 Å². The van der Waals surface area contributed by atoms with Crippen LogP contribution in [0.25, 0.3) is 0 Å². The molecule has 1 heterocycles. The number of aromatic nitrogens is 3. The number of ether oxygens (including phenoxy) is 1. The first-order chi connectivity index (χ1) is 7.76. The number of aromatic carboxylic acids is 1. The Morgan fingerprint density at radius 3 is 2.59 bits per heavy atom. The summed E-state index contributed by atoms with van der Waals surface area (Å²) in [6, 6.07) is 0. The van der Waals surface area contributed by atoms with Crippen LogP contribution in [-0.4, -0.2) is 39.4 Å². The summed E-state index contributed by atoms with van der Waals surface area (Å²) in [6.45, 7) is 0.00825. The van der Waals surface area contributed by atoms with Crippen molar-refractivity contribution in [1.82, 2.24) is 15.0 Å². The van der Waals surface area contributed by atoms with Crippen LogP contribution >= 0.6 is 0 Å². The van der Waals surface area contributed by atoms with Crippen LogP contribution in [0.15, 0.2) is 0 Å². The molecule has 0 bridgehead atoms. The Hall–Kier alpha value is -1.64. The normalized spacial score (nSPS) is 13.7. The fraction of sp³-hybridized carbons (Fsp3) is 0.625. The number of nitrogens with zero attached hydrogens (tertiary/aromatic N) is 3. The fourth-order valence-corrected chi connectivity index (χ4v) is 1.27. The van der Waals surface area contributed by atoms with Crippen LogP contribution in [0, 0.1) is 0 Å². The lowest BCUT2D eigenvalue weighted by atomic mass is 10.2. The lowest BCUT2D eigenvalue weighted by Gasteiger charge is -2.13. The molecule has 1 atom stereocenters. The maximum atomic E-state index is 12.2. The number of carboxylic acid groups (broad SMARTS) is 1. The third-order valence-corrected chi connectivity index (χ3v) is 2.04. The van der Waals surface area contributed by atoms with E-state index < -0.39 is 30.5 Å². The molecule has 1 N–H and O–H groups in total. The number of hydrogen-bond acceptors (Lipinski definition) is 4. The molecule has 6 nitrogen and oxygen atoms in total. The van der Waals surface area contributed by atoms with E-state index >= 15 is 0 Å². The van der Waals surface area contributed by atoms with Crippen molar-refractivity contribution < 1.29 is 27.8 Å². The summed E-state index contributed by atoms with van der Waals surface area (Å²) < 4.78 is 42.0. The molecule has 1 unspecified atom stereocenters. The van der Waals surface area contributed by atoms with Gasteiger partial charge in [-0.25, -0.2) is 9.48 Å². The van der Waals surface area contributed by atoms with E-state index in [9.17, 15) is 18.0 Å². The molecule has 0 aliphatic rings. The van der Waals surface area contributed by atoms with Gasteiger partial charge in [-0.2, -0.15) is 13.2 Å². The summed E-state index contributed by atoms with van der Waals surface area (Å²) in [7, 11) is 1.25. The number of rotatable bonds is 4. The molecule has 1 rings (SSSR count). The molecule has 17 heavy (non-hydrogen) atoms. The Morgan fingerprint density at radius 1 is 1.59 bits per heavy atom. The van der Waals surface area contributed by atoms with Crippen molar-refractivity contribution >= 4 is 5.97 Å². The Bertz CT molecular complexity index is 416. The summed E-state index contributed by atoms with van der Waals surface area (Å²) in [5.74, 6) is -1.45. The standard InChI is InChI=1S/C8H10F3N3O3/c1-4(17-2)6-5(7(15)16)12-13-14(6)3-8(9,10)11/h4H,3H2,1-2H3,(H,15,16). The Balaban J connectivity index is 3.18. The van der Waals surface area contributed by atoms with Crippen LogP contribution in [0.5, 0.6) is 0 Å².